The fourth-order valence-electron chi connectivity index (χ4n) is 2.86. The lowest BCUT2D eigenvalue weighted by Gasteiger charge is -2.30. The molecule has 1 aliphatic heterocycles. The summed E-state index contributed by atoms with van der Waals surface area (Å²) in [5.74, 6) is -0.764. The Morgan fingerprint density at radius 1 is 1.19 bits per heavy atom. The van der Waals surface area contributed by atoms with Crippen molar-refractivity contribution in [3.63, 3.8) is 0 Å². The molecule has 3 heteroatoms. The molecule has 0 amide bonds. The molecular formula is C18H27NO2. The minimum Gasteiger partial charge on any atom is -0.481 e. The maximum atomic E-state index is 10.9. The van der Waals surface area contributed by atoms with Crippen LogP contribution in [-0.2, 0) is 16.6 Å². The van der Waals surface area contributed by atoms with Gasteiger partial charge >= 0.3 is 5.97 Å². The third-order valence-corrected chi connectivity index (χ3v) is 4.47. The molecule has 0 atom stereocenters. The number of carbonyl (C=O) groups is 1. The largest absolute Gasteiger partial charge is 0.481 e. The van der Waals surface area contributed by atoms with E-state index in [4.69, 9.17) is 5.11 Å². The Bertz CT molecular complexity index is 465. The van der Waals surface area contributed by atoms with Crippen molar-refractivity contribution in [2.24, 2.45) is 5.92 Å². The molecule has 1 aromatic rings. The highest BCUT2D eigenvalue weighted by molar-refractivity contribution is 5.70. The molecule has 0 aromatic heterocycles. The van der Waals surface area contributed by atoms with Crippen LogP contribution in [0.4, 0.5) is 0 Å². The van der Waals surface area contributed by atoms with Gasteiger partial charge in [0.2, 0.25) is 0 Å². The van der Waals surface area contributed by atoms with E-state index < -0.39 is 5.97 Å². The number of aliphatic carboxylic acids is 1. The third kappa shape index (κ3) is 4.57. The summed E-state index contributed by atoms with van der Waals surface area (Å²) in [6.45, 7) is 9.55. The van der Waals surface area contributed by atoms with Crippen molar-refractivity contribution in [2.45, 2.75) is 45.4 Å². The fourth-order valence-corrected chi connectivity index (χ4v) is 2.86. The van der Waals surface area contributed by atoms with Crippen LogP contribution in [0.3, 0.4) is 0 Å². The van der Waals surface area contributed by atoms with Gasteiger partial charge in [-0.3, -0.25) is 4.79 Å². The molecule has 21 heavy (non-hydrogen) atoms. The van der Waals surface area contributed by atoms with E-state index in [1.165, 1.54) is 11.1 Å². The van der Waals surface area contributed by atoms with Gasteiger partial charge in [-0.25, -0.2) is 0 Å². The van der Waals surface area contributed by atoms with Gasteiger partial charge in [0.05, 0.1) is 5.92 Å². The number of benzene rings is 1. The lowest BCUT2D eigenvalue weighted by molar-refractivity contribution is -0.143. The Morgan fingerprint density at radius 3 is 2.24 bits per heavy atom. The Labute approximate surface area is 128 Å². The molecule has 1 N–H and O–H groups in total. The molecule has 1 fully saturated rings. The summed E-state index contributed by atoms with van der Waals surface area (Å²) in [5, 5.41) is 9.01. The number of likely N-dealkylation sites (tertiary alicyclic amines) is 1. The predicted molar refractivity (Wildman–Crippen MR) is 85.6 cm³/mol. The quantitative estimate of drug-likeness (QED) is 0.924. The Balaban J connectivity index is 1.80. The number of nitrogens with zero attached hydrogens (tertiary/aromatic N) is 1. The van der Waals surface area contributed by atoms with Crippen LogP contribution in [0.1, 0.15) is 44.7 Å². The van der Waals surface area contributed by atoms with E-state index in [1.807, 2.05) is 0 Å². The van der Waals surface area contributed by atoms with Crippen molar-refractivity contribution >= 4 is 5.97 Å². The van der Waals surface area contributed by atoms with Crippen LogP contribution in [0.2, 0.25) is 0 Å². The predicted octanol–water partition coefficient (Wildman–Crippen LogP) is 3.32. The van der Waals surface area contributed by atoms with E-state index in [1.54, 1.807) is 0 Å². The molecule has 1 aliphatic rings. The molecule has 0 radical (unpaired) electrons. The van der Waals surface area contributed by atoms with E-state index in [9.17, 15) is 4.79 Å². The average Bonchev–Trinajstić information content (AvgIpc) is 2.45. The molecule has 0 saturated carbocycles. The van der Waals surface area contributed by atoms with Crippen molar-refractivity contribution in [1.82, 2.24) is 4.90 Å². The van der Waals surface area contributed by atoms with Crippen LogP contribution in [0.25, 0.3) is 0 Å². The highest BCUT2D eigenvalue weighted by Gasteiger charge is 2.24. The van der Waals surface area contributed by atoms with Crippen molar-refractivity contribution in [2.75, 3.05) is 19.6 Å². The second kappa shape index (κ2) is 6.61. The van der Waals surface area contributed by atoms with E-state index in [-0.39, 0.29) is 11.3 Å². The van der Waals surface area contributed by atoms with Crippen LogP contribution in [0.5, 0.6) is 0 Å². The number of hydrogen-bond acceptors (Lipinski definition) is 2. The molecule has 0 spiro atoms. The number of piperidine rings is 1. The molecule has 0 aliphatic carbocycles. The fraction of sp³-hybridized carbons (Fsp3) is 0.611. The average molecular weight is 289 g/mol. The molecule has 0 unspecified atom stereocenters. The Morgan fingerprint density at radius 2 is 1.76 bits per heavy atom. The third-order valence-electron chi connectivity index (χ3n) is 4.47. The second-order valence-corrected chi connectivity index (χ2v) is 7.15. The summed E-state index contributed by atoms with van der Waals surface area (Å²) in [5.41, 5.74) is 2.94. The summed E-state index contributed by atoms with van der Waals surface area (Å²) in [7, 11) is 0. The molecule has 1 heterocycles. The summed E-state index contributed by atoms with van der Waals surface area (Å²) in [4.78, 5) is 13.3. The van der Waals surface area contributed by atoms with Gasteiger partial charge in [0.1, 0.15) is 0 Å². The van der Waals surface area contributed by atoms with Crippen molar-refractivity contribution in [3.05, 3.63) is 35.4 Å². The van der Waals surface area contributed by atoms with Crippen LogP contribution >= 0.6 is 0 Å². The molecule has 0 bridgehead atoms. The van der Waals surface area contributed by atoms with Gasteiger partial charge in [-0.15, -0.1) is 0 Å². The topological polar surface area (TPSA) is 40.5 Å². The first kappa shape index (κ1) is 16.0. The maximum absolute atomic E-state index is 10.9. The zero-order valence-corrected chi connectivity index (χ0v) is 13.4. The first-order valence-electron chi connectivity index (χ1n) is 7.91. The lowest BCUT2D eigenvalue weighted by atomic mass is 9.86. The standard InChI is InChI=1S/C18H27NO2/c1-18(2,3)16-6-4-14(5-7-16)8-11-19-12-9-15(10-13-19)17(20)21/h4-7,15H,8-13H2,1-3H3,(H,20,21). The van der Waals surface area contributed by atoms with E-state index in [0.29, 0.717) is 0 Å². The Hall–Kier alpha value is -1.35. The summed E-state index contributed by atoms with van der Waals surface area (Å²) in [6.07, 6.45) is 2.62. The highest BCUT2D eigenvalue weighted by atomic mass is 16.4. The monoisotopic (exact) mass is 289 g/mol. The van der Waals surface area contributed by atoms with E-state index in [2.05, 4.69) is 49.9 Å². The molecule has 116 valence electrons. The lowest BCUT2D eigenvalue weighted by Crippen LogP contribution is -2.37. The van der Waals surface area contributed by atoms with Crippen LogP contribution in [-0.4, -0.2) is 35.6 Å². The molecule has 3 nitrogen and oxygen atoms in total. The van der Waals surface area contributed by atoms with Gasteiger partial charge in [-0.05, 0) is 48.9 Å². The van der Waals surface area contributed by atoms with Gasteiger partial charge in [-0.1, -0.05) is 45.0 Å². The van der Waals surface area contributed by atoms with Gasteiger partial charge in [0.15, 0.2) is 0 Å². The van der Waals surface area contributed by atoms with Crippen LogP contribution < -0.4 is 0 Å². The zero-order chi connectivity index (χ0) is 15.5. The first-order chi connectivity index (χ1) is 9.86. The summed E-state index contributed by atoms with van der Waals surface area (Å²) in [6, 6.07) is 8.91. The molecule has 1 aromatic carbocycles. The van der Waals surface area contributed by atoms with Crippen molar-refractivity contribution < 1.29 is 9.90 Å². The van der Waals surface area contributed by atoms with Crippen LogP contribution in [0.15, 0.2) is 24.3 Å². The normalized spacial score (nSPS) is 17.9. The number of carboxylic acid groups (broad SMARTS) is 1. The smallest absolute Gasteiger partial charge is 0.306 e. The minimum atomic E-state index is -0.632. The van der Waals surface area contributed by atoms with Gasteiger partial charge in [0.25, 0.3) is 0 Å². The highest BCUT2D eigenvalue weighted by Crippen LogP contribution is 2.22. The van der Waals surface area contributed by atoms with Gasteiger partial charge in [0, 0.05) is 6.54 Å². The van der Waals surface area contributed by atoms with Gasteiger partial charge in [-0.2, -0.15) is 0 Å². The molecule has 1 saturated heterocycles. The molecule has 2 rings (SSSR count). The second-order valence-electron chi connectivity index (χ2n) is 7.15. The number of carboxylic acids is 1. The number of hydrogen-bond donors (Lipinski definition) is 1. The Kier molecular flexibility index (Phi) is 5.04. The van der Waals surface area contributed by atoms with Crippen LogP contribution in [0, 0.1) is 5.92 Å². The van der Waals surface area contributed by atoms with E-state index >= 15 is 0 Å². The summed E-state index contributed by atoms with van der Waals surface area (Å²) < 4.78 is 0. The minimum absolute atomic E-state index is 0.132. The van der Waals surface area contributed by atoms with Gasteiger partial charge < -0.3 is 10.0 Å². The molecular weight excluding hydrogens is 262 g/mol. The number of rotatable bonds is 4. The van der Waals surface area contributed by atoms with Crippen molar-refractivity contribution in [1.29, 1.82) is 0 Å². The summed E-state index contributed by atoms with van der Waals surface area (Å²) >= 11 is 0. The maximum Gasteiger partial charge on any atom is 0.306 e. The van der Waals surface area contributed by atoms with Crippen molar-refractivity contribution in [3.8, 4) is 0 Å². The SMILES string of the molecule is CC(C)(C)c1ccc(CCN2CCC(C(=O)O)CC2)cc1. The first-order valence-corrected chi connectivity index (χ1v) is 7.91. The van der Waals surface area contributed by atoms with E-state index in [0.717, 1.165) is 38.9 Å². The zero-order valence-electron chi connectivity index (χ0n) is 13.4.